The second-order valence-electron chi connectivity index (χ2n) is 5.26. The number of rotatable bonds is 9. The van der Waals surface area contributed by atoms with Crippen molar-refractivity contribution in [3.8, 4) is 0 Å². The maximum Gasteiger partial charge on any atom is 0.165 e. The zero-order valence-electron chi connectivity index (χ0n) is 12.8. The molecule has 0 amide bonds. The van der Waals surface area contributed by atoms with Crippen molar-refractivity contribution in [2.45, 2.75) is 44.6 Å². The van der Waals surface area contributed by atoms with Crippen molar-refractivity contribution in [2.75, 3.05) is 11.9 Å². The number of unbranched alkanes of at least 4 members (excludes halogenated alkanes) is 1. The Balaban J connectivity index is 2.16. The predicted molar refractivity (Wildman–Crippen MR) is 82.8 cm³/mol. The summed E-state index contributed by atoms with van der Waals surface area (Å²) in [6.07, 6.45) is 0.539. The van der Waals surface area contributed by atoms with Gasteiger partial charge >= 0.3 is 0 Å². The van der Waals surface area contributed by atoms with E-state index in [4.69, 9.17) is 0 Å². The summed E-state index contributed by atoms with van der Waals surface area (Å²) < 4.78 is 1.54. The molecule has 0 fully saturated rings. The molecule has 2 heterocycles. The molecule has 126 valence electrons. The minimum Gasteiger partial charge on any atom is -0.388 e. The Labute approximate surface area is 133 Å². The van der Waals surface area contributed by atoms with E-state index in [0.29, 0.717) is 17.0 Å². The third-order valence-corrected chi connectivity index (χ3v) is 3.49. The number of aromatic nitrogens is 4. The van der Waals surface area contributed by atoms with Crippen LogP contribution in [-0.4, -0.2) is 66.0 Å². The number of aliphatic hydroxyl groups is 3. The third-order valence-electron chi connectivity index (χ3n) is 3.49. The van der Waals surface area contributed by atoms with E-state index >= 15 is 0 Å². The van der Waals surface area contributed by atoms with E-state index in [2.05, 4.69) is 27.2 Å². The Kier molecular flexibility index (Phi) is 5.97. The number of carbonyl (C=O) groups excluding carboxylic acids is 1. The predicted octanol–water partition coefficient (Wildman–Crippen LogP) is -0.680. The van der Waals surface area contributed by atoms with Crippen molar-refractivity contribution in [2.24, 2.45) is 0 Å². The average molecular weight is 323 g/mol. The second kappa shape index (κ2) is 7.95. The Morgan fingerprint density at radius 2 is 2.09 bits per heavy atom. The lowest BCUT2D eigenvalue weighted by Gasteiger charge is -2.19. The molecule has 9 nitrogen and oxygen atoms in total. The largest absolute Gasteiger partial charge is 0.388 e. The van der Waals surface area contributed by atoms with Gasteiger partial charge in [-0.15, -0.1) is 0 Å². The van der Waals surface area contributed by atoms with Crippen LogP contribution in [0.5, 0.6) is 0 Å². The van der Waals surface area contributed by atoms with Crippen LogP contribution in [-0.2, 0) is 11.3 Å². The molecule has 0 bridgehead atoms. The van der Waals surface area contributed by atoms with Crippen LogP contribution in [0.1, 0.15) is 19.8 Å². The fourth-order valence-corrected chi connectivity index (χ4v) is 2.14. The number of anilines is 1. The maximum absolute atomic E-state index is 10.5. The number of nitrogens with zero attached hydrogens (tertiary/aromatic N) is 4. The Morgan fingerprint density at radius 1 is 1.30 bits per heavy atom. The summed E-state index contributed by atoms with van der Waals surface area (Å²) in [7, 11) is 0. The van der Waals surface area contributed by atoms with Crippen LogP contribution in [0.3, 0.4) is 0 Å². The molecule has 0 radical (unpaired) electrons. The lowest BCUT2D eigenvalue weighted by Crippen LogP contribution is -2.40. The molecule has 3 atom stereocenters. The molecule has 0 aromatic carbocycles. The first-order valence-electron chi connectivity index (χ1n) is 7.47. The van der Waals surface area contributed by atoms with E-state index in [1.165, 1.54) is 17.2 Å². The molecule has 23 heavy (non-hydrogen) atoms. The fourth-order valence-electron chi connectivity index (χ4n) is 2.14. The first-order valence-corrected chi connectivity index (χ1v) is 7.47. The molecule has 0 spiro atoms. The van der Waals surface area contributed by atoms with Gasteiger partial charge in [-0.25, -0.2) is 15.0 Å². The van der Waals surface area contributed by atoms with Crippen LogP contribution >= 0.6 is 0 Å². The van der Waals surface area contributed by atoms with Crippen LogP contribution < -0.4 is 5.32 Å². The number of imidazole rings is 1. The highest BCUT2D eigenvalue weighted by atomic mass is 16.4. The molecule has 2 rings (SSSR count). The normalized spacial score (nSPS) is 15.3. The van der Waals surface area contributed by atoms with Crippen molar-refractivity contribution in [1.82, 2.24) is 19.5 Å². The van der Waals surface area contributed by atoms with Gasteiger partial charge in [-0.05, 0) is 6.42 Å². The number of hydrogen-bond donors (Lipinski definition) is 4. The minimum absolute atomic E-state index is 0.0615. The number of nitrogens with one attached hydrogen (secondary N) is 1. The zero-order valence-corrected chi connectivity index (χ0v) is 12.8. The van der Waals surface area contributed by atoms with Crippen molar-refractivity contribution < 1.29 is 20.1 Å². The fraction of sp³-hybridized carbons (Fsp3) is 0.571. The van der Waals surface area contributed by atoms with Crippen molar-refractivity contribution in [3.05, 3.63) is 12.7 Å². The summed E-state index contributed by atoms with van der Waals surface area (Å²) in [4.78, 5) is 23.0. The molecule has 0 aliphatic carbocycles. The summed E-state index contributed by atoms with van der Waals surface area (Å²) in [5.41, 5.74) is 1.05. The molecule has 2 aromatic heterocycles. The van der Waals surface area contributed by atoms with Gasteiger partial charge in [0, 0.05) is 6.54 Å². The summed E-state index contributed by atoms with van der Waals surface area (Å²) in [5.74, 6) is 0.602. The Hall–Kier alpha value is -2.10. The number of fused-ring (bicyclic) bond motifs is 1. The molecular formula is C14H21N5O4. The van der Waals surface area contributed by atoms with Gasteiger partial charge in [-0.3, -0.25) is 0 Å². The number of aldehydes is 1. The Bertz CT molecular complexity index is 647. The molecule has 0 aliphatic rings. The summed E-state index contributed by atoms with van der Waals surface area (Å²) in [6, 6.07) is 0. The van der Waals surface area contributed by atoms with Gasteiger partial charge in [0.15, 0.2) is 17.8 Å². The third kappa shape index (κ3) is 4.01. The molecule has 2 aromatic rings. The van der Waals surface area contributed by atoms with Crippen LogP contribution in [0.4, 0.5) is 5.82 Å². The van der Waals surface area contributed by atoms with Crippen LogP contribution in [0.25, 0.3) is 11.2 Å². The number of carbonyl (C=O) groups is 1. The minimum atomic E-state index is -1.64. The van der Waals surface area contributed by atoms with Gasteiger partial charge in [-0.1, -0.05) is 13.3 Å². The van der Waals surface area contributed by atoms with Crippen molar-refractivity contribution in [3.63, 3.8) is 0 Å². The zero-order chi connectivity index (χ0) is 16.8. The Morgan fingerprint density at radius 3 is 2.78 bits per heavy atom. The van der Waals surface area contributed by atoms with E-state index in [1.54, 1.807) is 0 Å². The van der Waals surface area contributed by atoms with E-state index < -0.39 is 18.3 Å². The van der Waals surface area contributed by atoms with Gasteiger partial charge in [0.1, 0.15) is 30.2 Å². The summed E-state index contributed by atoms with van der Waals surface area (Å²) >= 11 is 0. The summed E-state index contributed by atoms with van der Waals surface area (Å²) in [5, 5.41) is 32.0. The van der Waals surface area contributed by atoms with Gasteiger partial charge < -0.3 is 30.0 Å². The van der Waals surface area contributed by atoms with Gasteiger partial charge in [0.25, 0.3) is 0 Å². The monoisotopic (exact) mass is 323 g/mol. The molecule has 0 unspecified atom stereocenters. The van der Waals surface area contributed by atoms with Gasteiger partial charge in [-0.2, -0.15) is 0 Å². The first-order chi connectivity index (χ1) is 11.1. The maximum atomic E-state index is 10.5. The van der Waals surface area contributed by atoms with Gasteiger partial charge in [0.2, 0.25) is 0 Å². The highest BCUT2D eigenvalue weighted by molar-refractivity contribution is 5.82. The number of aliphatic hydroxyl groups excluding tert-OH is 3. The first kappa shape index (κ1) is 17.3. The topological polar surface area (TPSA) is 133 Å². The standard InChI is InChI=1S/C14H21N5O4/c1-2-3-4-15-13-11-14(17-7-16-13)19(8-18-11)5-9(21)12(23)10(22)6-20/h6-10,12,21-23H,2-5H2,1H3,(H,15,16,17)/t9-,10+,12-/m1/s1. The SMILES string of the molecule is CCCCNc1ncnc2c1ncn2C[C@@H](O)[C@@H](O)[C@@H](O)C=O. The van der Waals surface area contributed by atoms with E-state index in [1.807, 2.05) is 0 Å². The van der Waals surface area contributed by atoms with Crippen molar-refractivity contribution in [1.29, 1.82) is 0 Å². The van der Waals surface area contributed by atoms with Crippen molar-refractivity contribution >= 4 is 23.3 Å². The van der Waals surface area contributed by atoms with Gasteiger partial charge in [0.05, 0.1) is 12.9 Å². The smallest absolute Gasteiger partial charge is 0.165 e. The highest BCUT2D eigenvalue weighted by Crippen LogP contribution is 2.18. The lowest BCUT2D eigenvalue weighted by atomic mass is 10.1. The second-order valence-corrected chi connectivity index (χ2v) is 5.26. The average Bonchev–Trinajstić information content (AvgIpc) is 2.97. The van der Waals surface area contributed by atoms with E-state index in [0.717, 1.165) is 19.4 Å². The summed E-state index contributed by atoms with van der Waals surface area (Å²) in [6.45, 7) is 2.79. The molecule has 0 aliphatic heterocycles. The number of hydrogen-bond acceptors (Lipinski definition) is 8. The van der Waals surface area contributed by atoms with Crippen LogP contribution in [0, 0.1) is 0 Å². The van der Waals surface area contributed by atoms with E-state index in [9.17, 15) is 20.1 Å². The van der Waals surface area contributed by atoms with Crippen LogP contribution in [0.15, 0.2) is 12.7 Å². The lowest BCUT2D eigenvalue weighted by molar-refractivity contribution is -0.126. The quantitative estimate of drug-likeness (QED) is 0.352. The molecule has 0 saturated heterocycles. The van der Waals surface area contributed by atoms with Crippen LogP contribution in [0.2, 0.25) is 0 Å². The van der Waals surface area contributed by atoms with E-state index in [-0.39, 0.29) is 12.8 Å². The highest BCUT2D eigenvalue weighted by Gasteiger charge is 2.25. The molecular weight excluding hydrogens is 302 g/mol. The molecule has 0 saturated carbocycles. The molecule has 9 heteroatoms. The molecule has 4 N–H and O–H groups in total.